The number of piperidine rings is 1. The normalized spacial score (nSPS) is 20.8. The summed E-state index contributed by atoms with van der Waals surface area (Å²) in [5, 5.41) is 0.794. The Morgan fingerprint density at radius 2 is 2.12 bits per heavy atom. The smallest absolute Gasteiger partial charge is 0.227 e. The molecule has 0 spiro atoms. The molecule has 0 radical (unpaired) electrons. The molecule has 0 N–H and O–H groups in total. The highest BCUT2D eigenvalue weighted by Crippen LogP contribution is 2.28. The van der Waals surface area contributed by atoms with Crippen LogP contribution in [-0.4, -0.2) is 66.8 Å². The quantitative estimate of drug-likeness (QED) is 0.822. The summed E-state index contributed by atoms with van der Waals surface area (Å²) in [4.78, 5) is 30.9. The highest BCUT2D eigenvalue weighted by Gasteiger charge is 2.33. The van der Waals surface area contributed by atoms with E-state index in [1.54, 1.807) is 0 Å². The summed E-state index contributed by atoms with van der Waals surface area (Å²) in [6.45, 7) is 3.38. The predicted molar refractivity (Wildman–Crippen MR) is 98.4 cm³/mol. The number of amides is 2. The third kappa shape index (κ3) is 4.15. The van der Waals surface area contributed by atoms with Crippen molar-refractivity contribution in [3.05, 3.63) is 34.3 Å². The van der Waals surface area contributed by atoms with Crippen LogP contribution in [0.1, 0.15) is 24.0 Å². The van der Waals surface area contributed by atoms with Gasteiger partial charge in [0.15, 0.2) is 0 Å². The van der Waals surface area contributed by atoms with Crippen LogP contribution in [-0.2, 0) is 22.6 Å². The third-order valence-corrected chi connectivity index (χ3v) is 5.54. The molecular formula is C19H26ClN3O2. The van der Waals surface area contributed by atoms with Gasteiger partial charge in [0.1, 0.15) is 0 Å². The number of likely N-dealkylation sites (N-methyl/N-ethyl adjacent to an activating group) is 1. The van der Waals surface area contributed by atoms with Gasteiger partial charge in [0.25, 0.3) is 0 Å². The number of rotatable bonds is 4. The Morgan fingerprint density at radius 1 is 1.32 bits per heavy atom. The van der Waals surface area contributed by atoms with Gasteiger partial charge in [0, 0.05) is 44.2 Å². The van der Waals surface area contributed by atoms with Crippen molar-refractivity contribution in [2.24, 2.45) is 5.92 Å². The number of likely N-dealkylation sites (tertiary alicyclic amines) is 1. The Bertz CT molecular complexity index is 662. The SMILES string of the molecule is CN(C)CCN1CC(C(=O)N2CCc3c(Cl)cccc3C2)CCC1=O. The standard InChI is InChI=1S/C19H26ClN3O2/c1-21(2)10-11-22-13-15(6-7-18(22)24)19(25)23-9-8-16-14(12-23)4-3-5-17(16)20/h3-5,15H,6-13H2,1-2H3. The summed E-state index contributed by atoms with van der Waals surface area (Å²) in [6, 6.07) is 5.90. The minimum absolute atomic E-state index is 0.0828. The molecule has 1 unspecified atom stereocenters. The van der Waals surface area contributed by atoms with Gasteiger partial charge in [-0.15, -0.1) is 0 Å². The molecule has 0 bridgehead atoms. The van der Waals surface area contributed by atoms with Gasteiger partial charge in [0.2, 0.25) is 11.8 Å². The highest BCUT2D eigenvalue weighted by molar-refractivity contribution is 6.31. The summed E-state index contributed by atoms with van der Waals surface area (Å²) in [5.41, 5.74) is 2.31. The third-order valence-electron chi connectivity index (χ3n) is 5.19. The number of fused-ring (bicyclic) bond motifs is 1. The summed E-state index contributed by atoms with van der Waals surface area (Å²) >= 11 is 6.26. The second kappa shape index (κ2) is 7.75. The number of hydrogen-bond donors (Lipinski definition) is 0. The number of hydrogen-bond acceptors (Lipinski definition) is 3. The molecule has 2 aliphatic rings. The number of carbonyl (C=O) groups is 2. The summed E-state index contributed by atoms with van der Waals surface area (Å²) < 4.78 is 0. The fourth-order valence-electron chi connectivity index (χ4n) is 3.66. The zero-order valence-electron chi connectivity index (χ0n) is 15.0. The topological polar surface area (TPSA) is 43.9 Å². The summed E-state index contributed by atoms with van der Waals surface area (Å²) in [7, 11) is 3.99. The van der Waals surface area contributed by atoms with Crippen LogP contribution in [0.5, 0.6) is 0 Å². The van der Waals surface area contributed by atoms with E-state index in [1.807, 2.05) is 36.0 Å². The van der Waals surface area contributed by atoms with Crippen LogP contribution in [0.25, 0.3) is 0 Å². The fourth-order valence-corrected chi connectivity index (χ4v) is 3.95. The van der Waals surface area contributed by atoms with Crippen LogP contribution in [0.3, 0.4) is 0 Å². The van der Waals surface area contributed by atoms with Crippen LogP contribution < -0.4 is 0 Å². The van der Waals surface area contributed by atoms with Crippen molar-refractivity contribution in [3.8, 4) is 0 Å². The van der Waals surface area contributed by atoms with Gasteiger partial charge in [-0.2, -0.15) is 0 Å². The molecule has 0 saturated carbocycles. The first-order chi connectivity index (χ1) is 12.0. The van der Waals surface area contributed by atoms with Crippen molar-refractivity contribution in [1.29, 1.82) is 0 Å². The molecule has 0 aliphatic carbocycles. The molecule has 6 heteroatoms. The lowest BCUT2D eigenvalue weighted by atomic mass is 9.93. The Kier molecular flexibility index (Phi) is 5.64. The molecule has 3 rings (SSSR count). The monoisotopic (exact) mass is 363 g/mol. The minimum Gasteiger partial charge on any atom is -0.341 e. The number of halogens is 1. The van der Waals surface area contributed by atoms with Crippen LogP contribution in [0.2, 0.25) is 5.02 Å². The number of benzene rings is 1. The largest absolute Gasteiger partial charge is 0.341 e. The van der Waals surface area contributed by atoms with E-state index in [-0.39, 0.29) is 17.7 Å². The van der Waals surface area contributed by atoms with Crippen molar-refractivity contribution < 1.29 is 9.59 Å². The van der Waals surface area contributed by atoms with E-state index in [1.165, 1.54) is 5.56 Å². The molecule has 1 saturated heterocycles. The minimum atomic E-state index is -0.0828. The zero-order valence-corrected chi connectivity index (χ0v) is 15.8. The van der Waals surface area contributed by atoms with Crippen LogP contribution >= 0.6 is 11.6 Å². The lowest BCUT2D eigenvalue weighted by Crippen LogP contribution is -2.49. The van der Waals surface area contributed by atoms with Crippen molar-refractivity contribution in [2.45, 2.75) is 25.8 Å². The van der Waals surface area contributed by atoms with E-state index in [9.17, 15) is 9.59 Å². The van der Waals surface area contributed by atoms with Gasteiger partial charge in [0.05, 0.1) is 5.92 Å². The molecule has 2 amide bonds. The van der Waals surface area contributed by atoms with E-state index in [2.05, 4.69) is 11.0 Å². The molecule has 1 atom stereocenters. The van der Waals surface area contributed by atoms with E-state index >= 15 is 0 Å². The van der Waals surface area contributed by atoms with Crippen molar-refractivity contribution in [2.75, 3.05) is 40.3 Å². The van der Waals surface area contributed by atoms with E-state index < -0.39 is 0 Å². The molecule has 1 aromatic carbocycles. The van der Waals surface area contributed by atoms with Crippen LogP contribution in [0.15, 0.2) is 18.2 Å². The van der Waals surface area contributed by atoms with Gasteiger partial charge in [-0.05, 0) is 44.1 Å². The molecule has 1 fully saturated rings. The Balaban J connectivity index is 1.64. The first-order valence-corrected chi connectivity index (χ1v) is 9.31. The second-order valence-corrected chi connectivity index (χ2v) is 7.67. The average Bonchev–Trinajstić information content (AvgIpc) is 2.60. The highest BCUT2D eigenvalue weighted by atomic mass is 35.5. The lowest BCUT2D eigenvalue weighted by Gasteiger charge is -2.37. The predicted octanol–water partition coefficient (Wildman–Crippen LogP) is 2.02. The maximum absolute atomic E-state index is 13.0. The Hall–Kier alpha value is -1.59. The first-order valence-electron chi connectivity index (χ1n) is 8.93. The van der Waals surface area contributed by atoms with Crippen LogP contribution in [0, 0.1) is 5.92 Å². The second-order valence-electron chi connectivity index (χ2n) is 7.27. The molecule has 25 heavy (non-hydrogen) atoms. The molecule has 136 valence electrons. The molecular weight excluding hydrogens is 338 g/mol. The summed E-state index contributed by atoms with van der Waals surface area (Å²) in [6.07, 6.45) is 1.94. The van der Waals surface area contributed by atoms with Gasteiger partial charge in [-0.1, -0.05) is 23.7 Å². The molecule has 2 heterocycles. The molecule has 5 nitrogen and oxygen atoms in total. The number of carbonyl (C=O) groups excluding carboxylic acids is 2. The molecule has 0 aromatic heterocycles. The van der Waals surface area contributed by atoms with Crippen molar-refractivity contribution >= 4 is 23.4 Å². The van der Waals surface area contributed by atoms with Crippen LogP contribution in [0.4, 0.5) is 0 Å². The maximum atomic E-state index is 13.0. The van der Waals surface area contributed by atoms with Gasteiger partial charge in [-0.3, -0.25) is 9.59 Å². The van der Waals surface area contributed by atoms with E-state index in [0.717, 1.165) is 23.6 Å². The molecule has 2 aliphatic heterocycles. The maximum Gasteiger partial charge on any atom is 0.227 e. The zero-order chi connectivity index (χ0) is 18.0. The van der Waals surface area contributed by atoms with E-state index in [0.29, 0.717) is 39.0 Å². The Morgan fingerprint density at radius 3 is 2.88 bits per heavy atom. The Labute approximate surface area is 154 Å². The van der Waals surface area contributed by atoms with E-state index in [4.69, 9.17) is 11.6 Å². The van der Waals surface area contributed by atoms with Gasteiger partial charge < -0.3 is 14.7 Å². The lowest BCUT2D eigenvalue weighted by molar-refractivity contribution is -0.143. The van der Waals surface area contributed by atoms with Gasteiger partial charge >= 0.3 is 0 Å². The fraction of sp³-hybridized carbons (Fsp3) is 0.579. The van der Waals surface area contributed by atoms with Crippen molar-refractivity contribution in [1.82, 2.24) is 14.7 Å². The summed E-state index contributed by atoms with van der Waals surface area (Å²) in [5.74, 6) is 0.259. The van der Waals surface area contributed by atoms with Gasteiger partial charge in [-0.25, -0.2) is 0 Å². The average molecular weight is 364 g/mol. The number of nitrogens with zero attached hydrogens (tertiary/aromatic N) is 3. The molecule has 1 aromatic rings. The first kappa shape index (κ1) is 18.2. The van der Waals surface area contributed by atoms with Crippen molar-refractivity contribution in [3.63, 3.8) is 0 Å².